The van der Waals surface area contributed by atoms with Crippen LogP contribution in [0.2, 0.25) is 0 Å². The summed E-state index contributed by atoms with van der Waals surface area (Å²) in [6, 6.07) is 0. The first-order valence-electron chi connectivity index (χ1n) is 4.57. The van der Waals surface area contributed by atoms with E-state index in [1.165, 1.54) is 6.08 Å². The van der Waals surface area contributed by atoms with Gasteiger partial charge in [-0.2, -0.15) is 4.99 Å². The van der Waals surface area contributed by atoms with E-state index in [1.54, 1.807) is 0 Å². The van der Waals surface area contributed by atoms with E-state index >= 15 is 0 Å². The van der Waals surface area contributed by atoms with E-state index in [0.29, 0.717) is 13.1 Å². The van der Waals surface area contributed by atoms with Crippen molar-refractivity contribution in [1.29, 1.82) is 0 Å². The van der Waals surface area contributed by atoms with E-state index in [9.17, 15) is 13.6 Å². The van der Waals surface area contributed by atoms with Crippen molar-refractivity contribution in [3.63, 3.8) is 0 Å². The molecule has 0 amide bonds. The third-order valence-corrected chi connectivity index (χ3v) is 2.89. The Morgan fingerprint density at radius 2 is 1.93 bits per heavy atom. The second-order valence-electron chi connectivity index (χ2n) is 3.93. The Labute approximate surface area is 81.8 Å². The van der Waals surface area contributed by atoms with Crippen LogP contribution in [0.1, 0.15) is 19.8 Å². The van der Waals surface area contributed by atoms with Crippen LogP contribution in [0.3, 0.4) is 0 Å². The first kappa shape index (κ1) is 11.3. The minimum Gasteiger partial charge on any atom is -0.306 e. The molecule has 1 aliphatic heterocycles. The summed E-state index contributed by atoms with van der Waals surface area (Å²) in [5.74, 6) is -2.95. The van der Waals surface area contributed by atoms with Gasteiger partial charge in [-0.05, 0) is 19.9 Å². The molecule has 1 heterocycles. The van der Waals surface area contributed by atoms with Gasteiger partial charge in [0.05, 0.1) is 0 Å². The molecular weight excluding hydrogens is 190 g/mol. The second kappa shape index (κ2) is 3.75. The summed E-state index contributed by atoms with van der Waals surface area (Å²) >= 11 is 0. The number of carbonyl (C=O) groups excluding carboxylic acids is 1. The average Bonchev–Trinajstić information content (AvgIpc) is 2.07. The lowest BCUT2D eigenvalue weighted by Gasteiger charge is -2.39. The molecule has 3 nitrogen and oxygen atoms in total. The van der Waals surface area contributed by atoms with Crippen molar-refractivity contribution < 1.29 is 13.6 Å². The highest BCUT2D eigenvalue weighted by molar-refractivity contribution is 5.36. The third kappa shape index (κ3) is 1.99. The van der Waals surface area contributed by atoms with Gasteiger partial charge < -0.3 is 4.90 Å². The highest BCUT2D eigenvalue weighted by Crippen LogP contribution is 2.39. The number of alkyl halides is 2. The number of aliphatic imine (C=N–C) groups is 1. The van der Waals surface area contributed by atoms with Crippen molar-refractivity contribution in [3.05, 3.63) is 0 Å². The minimum absolute atomic E-state index is 0.211. The van der Waals surface area contributed by atoms with E-state index < -0.39 is 11.5 Å². The monoisotopic (exact) mass is 204 g/mol. The summed E-state index contributed by atoms with van der Waals surface area (Å²) in [7, 11) is 1.86. The smallest absolute Gasteiger partial charge is 0.271 e. The summed E-state index contributed by atoms with van der Waals surface area (Å²) in [6.07, 6.45) is 1.70. The zero-order valence-corrected chi connectivity index (χ0v) is 8.39. The fraction of sp³-hybridized carbons (Fsp3) is 0.889. The van der Waals surface area contributed by atoms with E-state index in [-0.39, 0.29) is 12.8 Å². The molecule has 0 aromatic carbocycles. The Morgan fingerprint density at radius 3 is 2.29 bits per heavy atom. The molecule has 0 saturated carbocycles. The fourth-order valence-electron chi connectivity index (χ4n) is 1.72. The van der Waals surface area contributed by atoms with Crippen LogP contribution in [0, 0.1) is 0 Å². The molecule has 1 aliphatic rings. The molecule has 80 valence electrons. The van der Waals surface area contributed by atoms with Crippen LogP contribution in [0.25, 0.3) is 0 Å². The molecule has 0 unspecified atom stereocenters. The summed E-state index contributed by atoms with van der Waals surface area (Å²) in [4.78, 5) is 15.5. The Morgan fingerprint density at radius 1 is 1.43 bits per heavy atom. The molecule has 0 atom stereocenters. The summed E-state index contributed by atoms with van der Waals surface area (Å²) in [5.41, 5.74) is -1.53. The van der Waals surface area contributed by atoms with Crippen LogP contribution >= 0.6 is 0 Å². The number of halogens is 2. The number of rotatable bonds is 2. The molecule has 0 aromatic rings. The van der Waals surface area contributed by atoms with Crippen molar-refractivity contribution in [1.82, 2.24) is 4.90 Å². The van der Waals surface area contributed by atoms with E-state index in [1.807, 2.05) is 11.9 Å². The Balaban J connectivity index is 2.89. The number of piperidine rings is 1. The summed E-state index contributed by atoms with van der Waals surface area (Å²) in [6.45, 7) is 1.89. The number of likely N-dealkylation sites (tertiary alicyclic amines) is 1. The Bertz CT molecular complexity index is 248. The van der Waals surface area contributed by atoms with Gasteiger partial charge in [-0.3, -0.25) is 0 Å². The van der Waals surface area contributed by atoms with Crippen LogP contribution in [-0.2, 0) is 4.79 Å². The highest BCUT2D eigenvalue weighted by atomic mass is 19.3. The van der Waals surface area contributed by atoms with Gasteiger partial charge in [0.1, 0.15) is 5.54 Å². The van der Waals surface area contributed by atoms with Gasteiger partial charge in [0, 0.05) is 20.0 Å². The van der Waals surface area contributed by atoms with Gasteiger partial charge in [0.2, 0.25) is 6.08 Å². The standard InChI is InChI=1S/C9H14F2N2O/c1-8(10,11)9(12-7-14)3-5-13(2)6-4-9/h3-6H2,1-2H3. The fourth-order valence-corrected chi connectivity index (χ4v) is 1.72. The number of isocyanates is 1. The molecule has 0 aromatic heterocycles. The molecular formula is C9H14F2N2O. The lowest BCUT2D eigenvalue weighted by atomic mass is 9.83. The third-order valence-electron chi connectivity index (χ3n) is 2.89. The molecule has 1 saturated heterocycles. The van der Waals surface area contributed by atoms with Crippen LogP contribution in [0.4, 0.5) is 8.78 Å². The highest BCUT2D eigenvalue weighted by Gasteiger charge is 2.51. The van der Waals surface area contributed by atoms with Crippen molar-refractivity contribution >= 4 is 6.08 Å². The van der Waals surface area contributed by atoms with Gasteiger partial charge in [0.15, 0.2) is 0 Å². The lowest BCUT2D eigenvalue weighted by Crippen LogP contribution is -2.51. The average molecular weight is 204 g/mol. The van der Waals surface area contributed by atoms with Crippen molar-refractivity contribution in [3.8, 4) is 0 Å². The number of nitrogens with zero attached hydrogens (tertiary/aromatic N) is 2. The summed E-state index contributed by atoms with van der Waals surface area (Å²) in [5, 5.41) is 0. The first-order chi connectivity index (χ1) is 6.41. The Hall–Kier alpha value is -0.800. The number of hydrogen-bond donors (Lipinski definition) is 0. The van der Waals surface area contributed by atoms with Crippen LogP contribution in [0.5, 0.6) is 0 Å². The molecule has 1 fully saturated rings. The van der Waals surface area contributed by atoms with Gasteiger partial charge >= 0.3 is 0 Å². The predicted octanol–water partition coefficient (Wildman–Crippen LogP) is 1.44. The maximum Gasteiger partial charge on any atom is 0.271 e. The zero-order valence-electron chi connectivity index (χ0n) is 8.39. The maximum absolute atomic E-state index is 13.3. The minimum atomic E-state index is -2.95. The molecule has 0 radical (unpaired) electrons. The van der Waals surface area contributed by atoms with Crippen molar-refractivity contribution in [2.45, 2.75) is 31.2 Å². The second-order valence-corrected chi connectivity index (χ2v) is 3.93. The zero-order chi connectivity index (χ0) is 10.8. The van der Waals surface area contributed by atoms with Gasteiger partial charge in [0.25, 0.3) is 5.92 Å². The van der Waals surface area contributed by atoms with E-state index in [4.69, 9.17) is 0 Å². The molecule has 1 rings (SSSR count). The number of hydrogen-bond acceptors (Lipinski definition) is 3. The molecule has 0 bridgehead atoms. The van der Waals surface area contributed by atoms with Crippen LogP contribution in [0.15, 0.2) is 4.99 Å². The van der Waals surface area contributed by atoms with Gasteiger partial charge in [-0.25, -0.2) is 13.6 Å². The Kier molecular flexibility index (Phi) is 3.02. The topological polar surface area (TPSA) is 32.7 Å². The molecule has 5 heteroatoms. The first-order valence-corrected chi connectivity index (χ1v) is 4.57. The largest absolute Gasteiger partial charge is 0.306 e. The van der Waals surface area contributed by atoms with Crippen LogP contribution in [-0.4, -0.2) is 42.6 Å². The molecule has 0 spiro atoms. The van der Waals surface area contributed by atoms with Crippen LogP contribution < -0.4 is 0 Å². The van der Waals surface area contributed by atoms with Gasteiger partial charge in [-0.1, -0.05) is 0 Å². The predicted molar refractivity (Wildman–Crippen MR) is 48.2 cm³/mol. The van der Waals surface area contributed by atoms with Crippen molar-refractivity contribution in [2.75, 3.05) is 20.1 Å². The van der Waals surface area contributed by atoms with E-state index in [2.05, 4.69) is 4.99 Å². The lowest BCUT2D eigenvalue weighted by molar-refractivity contribution is -0.0768. The molecule has 0 N–H and O–H groups in total. The molecule has 14 heavy (non-hydrogen) atoms. The van der Waals surface area contributed by atoms with Gasteiger partial charge in [-0.15, -0.1) is 0 Å². The van der Waals surface area contributed by atoms with Crippen molar-refractivity contribution in [2.24, 2.45) is 4.99 Å². The SMILES string of the molecule is CN1CCC(N=C=O)(C(C)(F)F)CC1. The maximum atomic E-state index is 13.3. The quantitative estimate of drug-likeness (QED) is 0.503. The van der Waals surface area contributed by atoms with E-state index in [0.717, 1.165) is 6.92 Å². The summed E-state index contributed by atoms with van der Waals surface area (Å²) < 4.78 is 26.6. The molecule has 0 aliphatic carbocycles. The normalized spacial score (nSPS) is 22.9.